The van der Waals surface area contributed by atoms with Crippen LogP contribution in [0, 0.1) is 0 Å². The van der Waals surface area contributed by atoms with Gasteiger partial charge in [0.15, 0.2) is 0 Å². The van der Waals surface area contributed by atoms with Crippen LogP contribution in [0.3, 0.4) is 0 Å². The summed E-state index contributed by atoms with van der Waals surface area (Å²) in [4.78, 5) is 11.6. The predicted octanol–water partition coefficient (Wildman–Crippen LogP) is 4.77. The summed E-state index contributed by atoms with van der Waals surface area (Å²) in [7, 11) is 3.68. The molecule has 27 heavy (non-hydrogen) atoms. The summed E-state index contributed by atoms with van der Waals surface area (Å²) in [6.45, 7) is 0.846. The molecule has 5 nitrogen and oxygen atoms in total. The minimum Gasteiger partial charge on any atom is -0.487 e. The number of aromatic nitrogens is 1. The normalized spacial score (nSPS) is 11.4. The number of rotatable bonds is 5. The lowest BCUT2D eigenvalue weighted by molar-refractivity contribution is 0.182. The predicted molar refractivity (Wildman–Crippen MR) is 108 cm³/mol. The maximum Gasteiger partial charge on any atom is 0.336 e. The number of ether oxygens (including phenoxy) is 2. The molecule has 0 aliphatic heterocycles. The van der Waals surface area contributed by atoms with Crippen molar-refractivity contribution in [3.05, 3.63) is 74.7 Å². The van der Waals surface area contributed by atoms with Crippen LogP contribution < -0.4 is 10.4 Å². The molecule has 138 valence electrons. The highest BCUT2D eigenvalue weighted by atomic mass is 79.9. The number of aryl methyl sites for hydroxylation is 1. The molecule has 2 aromatic heterocycles. The zero-order valence-electron chi connectivity index (χ0n) is 15.0. The van der Waals surface area contributed by atoms with Gasteiger partial charge in [0, 0.05) is 46.5 Å². The summed E-state index contributed by atoms with van der Waals surface area (Å²) in [6.07, 6.45) is 0. The van der Waals surface area contributed by atoms with Crippen molar-refractivity contribution in [2.45, 2.75) is 13.2 Å². The lowest BCUT2D eigenvalue weighted by Gasteiger charge is -2.10. The number of hydrogen-bond donors (Lipinski definition) is 0. The van der Waals surface area contributed by atoms with E-state index >= 15 is 0 Å². The maximum absolute atomic E-state index is 11.6. The second kappa shape index (κ2) is 7.21. The van der Waals surface area contributed by atoms with E-state index in [2.05, 4.69) is 20.5 Å². The SMILES string of the molecule is COCc1c(COc2ccc(Br)cc2)n(C)c2ccc3oc(=O)ccc3c12. The first kappa shape index (κ1) is 17.8. The summed E-state index contributed by atoms with van der Waals surface area (Å²) in [5.74, 6) is 0.794. The fraction of sp³-hybridized carbons (Fsp3) is 0.190. The molecule has 0 bridgehead atoms. The van der Waals surface area contributed by atoms with E-state index < -0.39 is 0 Å². The first-order valence-electron chi connectivity index (χ1n) is 8.49. The van der Waals surface area contributed by atoms with Crippen molar-refractivity contribution in [2.24, 2.45) is 7.05 Å². The van der Waals surface area contributed by atoms with Gasteiger partial charge in [0.25, 0.3) is 0 Å². The first-order chi connectivity index (χ1) is 13.1. The van der Waals surface area contributed by atoms with Crippen LogP contribution in [0.2, 0.25) is 0 Å². The number of nitrogens with zero attached hydrogens (tertiary/aromatic N) is 1. The minimum absolute atomic E-state index is 0.357. The molecule has 4 aromatic rings. The minimum atomic E-state index is -0.357. The van der Waals surface area contributed by atoms with E-state index in [4.69, 9.17) is 13.9 Å². The van der Waals surface area contributed by atoms with Crippen molar-refractivity contribution in [1.82, 2.24) is 4.57 Å². The van der Waals surface area contributed by atoms with Gasteiger partial charge in [-0.05, 0) is 42.5 Å². The van der Waals surface area contributed by atoms with Crippen LogP contribution >= 0.6 is 15.9 Å². The summed E-state index contributed by atoms with van der Waals surface area (Å²) in [6, 6.07) is 14.8. The van der Waals surface area contributed by atoms with Gasteiger partial charge in [-0.15, -0.1) is 0 Å². The van der Waals surface area contributed by atoms with Gasteiger partial charge in [-0.1, -0.05) is 15.9 Å². The van der Waals surface area contributed by atoms with Crippen molar-refractivity contribution in [3.63, 3.8) is 0 Å². The van der Waals surface area contributed by atoms with Gasteiger partial charge < -0.3 is 18.5 Å². The third-order valence-electron chi connectivity index (χ3n) is 4.67. The van der Waals surface area contributed by atoms with Crippen molar-refractivity contribution in [3.8, 4) is 5.75 Å². The smallest absolute Gasteiger partial charge is 0.336 e. The summed E-state index contributed by atoms with van der Waals surface area (Å²) < 4.78 is 19.9. The Hall–Kier alpha value is -2.57. The summed E-state index contributed by atoms with van der Waals surface area (Å²) in [5.41, 5.74) is 3.31. The Bertz CT molecular complexity index is 1170. The quantitative estimate of drug-likeness (QED) is 0.430. The molecule has 0 atom stereocenters. The highest BCUT2D eigenvalue weighted by molar-refractivity contribution is 9.10. The van der Waals surface area contributed by atoms with Gasteiger partial charge in [0.2, 0.25) is 0 Å². The average molecular weight is 428 g/mol. The molecule has 0 aliphatic carbocycles. The van der Waals surface area contributed by atoms with E-state index in [0.29, 0.717) is 18.8 Å². The van der Waals surface area contributed by atoms with Crippen LogP contribution in [0.4, 0.5) is 0 Å². The number of fused-ring (bicyclic) bond motifs is 3. The fourth-order valence-electron chi connectivity index (χ4n) is 3.39. The molecule has 0 saturated heterocycles. The largest absolute Gasteiger partial charge is 0.487 e. The van der Waals surface area contributed by atoms with E-state index in [1.807, 2.05) is 49.5 Å². The van der Waals surface area contributed by atoms with Gasteiger partial charge in [-0.25, -0.2) is 4.79 Å². The van der Waals surface area contributed by atoms with Crippen LogP contribution in [-0.4, -0.2) is 11.7 Å². The van der Waals surface area contributed by atoms with Crippen LogP contribution in [0.25, 0.3) is 21.9 Å². The molecule has 0 saturated carbocycles. The third-order valence-corrected chi connectivity index (χ3v) is 5.20. The lowest BCUT2D eigenvalue weighted by Crippen LogP contribution is -2.05. The Morgan fingerprint density at radius 1 is 1.04 bits per heavy atom. The molecule has 0 radical (unpaired) electrons. The third kappa shape index (κ3) is 3.26. The number of halogens is 1. The topological polar surface area (TPSA) is 53.6 Å². The van der Waals surface area contributed by atoms with Crippen LogP contribution in [-0.2, 0) is 25.0 Å². The standard InChI is InChI=1S/C21H18BrNO4/c1-23-17-8-9-19-15(7-10-20(24)27-19)21(17)16(11-25-2)18(23)12-26-14-5-3-13(22)4-6-14/h3-10H,11-12H2,1-2H3. The van der Waals surface area contributed by atoms with E-state index in [-0.39, 0.29) is 5.63 Å². The van der Waals surface area contributed by atoms with Gasteiger partial charge in [0.05, 0.1) is 12.3 Å². The highest BCUT2D eigenvalue weighted by Crippen LogP contribution is 2.33. The zero-order valence-corrected chi connectivity index (χ0v) is 16.6. The van der Waals surface area contributed by atoms with Gasteiger partial charge >= 0.3 is 5.63 Å². The van der Waals surface area contributed by atoms with Gasteiger partial charge in [-0.3, -0.25) is 0 Å². The molecular formula is C21H18BrNO4. The molecule has 2 heterocycles. The molecule has 0 unspecified atom stereocenters. The second-order valence-corrected chi connectivity index (χ2v) is 7.20. The molecule has 0 aliphatic rings. The van der Waals surface area contributed by atoms with Crippen molar-refractivity contribution in [2.75, 3.05) is 7.11 Å². The Labute approximate surface area is 164 Å². The molecule has 0 amide bonds. The number of benzene rings is 2. The Morgan fingerprint density at radius 2 is 1.81 bits per heavy atom. The molecule has 4 rings (SSSR count). The van der Waals surface area contributed by atoms with E-state index in [1.165, 1.54) is 6.07 Å². The van der Waals surface area contributed by atoms with E-state index in [9.17, 15) is 4.79 Å². The average Bonchev–Trinajstić information content (AvgIpc) is 2.93. The number of methoxy groups -OCH3 is 1. The van der Waals surface area contributed by atoms with Crippen LogP contribution in [0.5, 0.6) is 5.75 Å². The van der Waals surface area contributed by atoms with Crippen molar-refractivity contribution >= 4 is 37.8 Å². The zero-order chi connectivity index (χ0) is 19.0. The van der Waals surface area contributed by atoms with Crippen molar-refractivity contribution < 1.29 is 13.9 Å². The molecule has 0 N–H and O–H groups in total. The molecule has 6 heteroatoms. The highest BCUT2D eigenvalue weighted by Gasteiger charge is 2.18. The van der Waals surface area contributed by atoms with Gasteiger partial charge in [-0.2, -0.15) is 0 Å². The summed E-state index contributed by atoms with van der Waals surface area (Å²) >= 11 is 3.43. The number of hydrogen-bond acceptors (Lipinski definition) is 4. The Balaban J connectivity index is 1.84. The Morgan fingerprint density at radius 3 is 2.56 bits per heavy atom. The second-order valence-electron chi connectivity index (χ2n) is 6.29. The molecule has 0 spiro atoms. The maximum atomic E-state index is 11.6. The van der Waals surface area contributed by atoms with Crippen molar-refractivity contribution in [1.29, 1.82) is 0 Å². The van der Waals surface area contributed by atoms with Crippen LogP contribution in [0.1, 0.15) is 11.3 Å². The monoisotopic (exact) mass is 427 g/mol. The van der Waals surface area contributed by atoms with E-state index in [0.717, 1.165) is 37.8 Å². The molecule has 0 fully saturated rings. The summed E-state index contributed by atoms with van der Waals surface area (Å²) in [5, 5.41) is 1.92. The van der Waals surface area contributed by atoms with E-state index in [1.54, 1.807) is 7.11 Å². The first-order valence-corrected chi connectivity index (χ1v) is 9.28. The molecule has 2 aromatic carbocycles. The lowest BCUT2D eigenvalue weighted by atomic mass is 10.1. The molecular weight excluding hydrogens is 410 g/mol. The van der Waals surface area contributed by atoms with Crippen LogP contribution in [0.15, 0.2) is 62.2 Å². The fourth-order valence-corrected chi connectivity index (χ4v) is 3.66. The Kier molecular flexibility index (Phi) is 4.76. The van der Waals surface area contributed by atoms with Gasteiger partial charge in [0.1, 0.15) is 17.9 Å².